The highest BCUT2D eigenvalue weighted by Gasteiger charge is 2.22. The maximum atomic E-state index is 12.7. The molecule has 0 N–H and O–H groups in total. The summed E-state index contributed by atoms with van der Waals surface area (Å²) in [6.45, 7) is 12.2. The SMILES string of the molecule is Cc1ccc(Cc2nsc(N(CCC(=O)N3CCC(C)CC3)CC(C)C)n2)cc1. The first-order valence-electron chi connectivity index (χ1n) is 10.8. The number of carbonyl (C=O) groups excluding carboxylic acids is 1. The van der Waals surface area contributed by atoms with Gasteiger partial charge in [0.1, 0.15) is 5.82 Å². The maximum absolute atomic E-state index is 12.7. The van der Waals surface area contributed by atoms with E-state index in [-0.39, 0.29) is 5.91 Å². The molecule has 29 heavy (non-hydrogen) atoms. The molecular weight excluding hydrogens is 380 g/mol. The molecule has 0 aliphatic carbocycles. The smallest absolute Gasteiger partial charge is 0.224 e. The molecule has 0 bridgehead atoms. The van der Waals surface area contributed by atoms with Crippen LogP contribution in [-0.2, 0) is 11.2 Å². The summed E-state index contributed by atoms with van der Waals surface area (Å²) in [6.07, 6.45) is 3.55. The van der Waals surface area contributed by atoms with Crippen molar-refractivity contribution in [2.45, 2.75) is 53.4 Å². The number of nitrogens with zero attached hydrogens (tertiary/aromatic N) is 4. The van der Waals surface area contributed by atoms with E-state index >= 15 is 0 Å². The summed E-state index contributed by atoms with van der Waals surface area (Å²) < 4.78 is 4.58. The van der Waals surface area contributed by atoms with Crippen LogP contribution < -0.4 is 4.90 Å². The zero-order chi connectivity index (χ0) is 20.8. The Morgan fingerprint density at radius 1 is 1.24 bits per heavy atom. The van der Waals surface area contributed by atoms with Crippen molar-refractivity contribution < 1.29 is 4.79 Å². The number of carbonyl (C=O) groups is 1. The van der Waals surface area contributed by atoms with E-state index in [0.29, 0.717) is 18.9 Å². The molecule has 1 amide bonds. The summed E-state index contributed by atoms with van der Waals surface area (Å²) in [4.78, 5) is 21.7. The zero-order valence-corrected chi connectivity index (χ0v) is 19.0. The molecule has 1 aliphatic heterocycles. The Labute approximate surface area is 179 Å². The van der Waals surface area contributed by atoms with Crippen molar-refractivity contribution in [1.82, 2.24) is 14.3 Å². The number of hydrogen-bond acceptors (Lipinski definition) is 5. The predicted octanol–water partition coefficient (Wildman–Crippen LogP) is 4.55. The van der Waals surface area contributed by atoms with Crippen LogP contribution in [0.2, 0.25) is 0 Å². The number of benzene rings is 1. The average Bonchev–Trinajstić information content (AvgIpc) is 3.15. The first kappa shape index (κ1) is 21.8. The monoisotopic (exact) mass is 414 g/mol. The maximum Gasteiger partial charge on any atom is 0.224 e. The van der Waals surface area contributed by atoms with Crippen molar-refractivity contribution in [1.29, 1.82) is 0 Å². The van der Waals surface area contributed by atoms with Gasteiger partial charge in [0.2, 0.25) is 11.0 Å². The zero-order valence-electron chi connectivity index (χ0n) is 18.2. The van der Waals surface area contributed by atoms with Gasteiger partial charge < -0.3 is 9.80 Å². The third-order valence-corrected chi connectivity index (χ3v) is 6.34. The summed E-state index contributed by atoms with van der Waals surface area (Å²) in [5.41, 5.74) is 2.49. The molecule has 2 aromatic rings. The van der Waals surface area contributed by atoms with Gasteiger partial charge >= 0.3 is 0 Å². The first-order valence-corrected chi connectivity index (χ1v) is 11.6. The summed E-state index contributed by atoms with van der Waals surface area (Å²) in [6, 6.07) is 8.53. The molecule has 0 saturated carbocycles. The van der Waals surface area contributed by atoms with Gasteiger partial charge in [0.05, 0.1) is 0 Å². The molecule has 5 nitrogen and oxygen atoms in total. The number of amides is 1. The first-order chi connectivity index (χ1) is 13.9. The molecule has 2 heterocycles. The van der Waals surface area contributed by atoms with Crippen molar-refractivity contribution >= 4 is 22.6 Å². The molecule has 6 heteroatoms. The van der Waals surface area contributed by atoms with E-state index in [9.17, 15) is 4.79 Å². The molecule has 0 atom stereocenters. The van der Waals surface area contributed by atoms with Crippen molar-refractivity contribution in [2.75, 3.05) is 31.1 Å². The third-order valence-electron chi connectivity index (χ3n) is 5.53. The average molecular weight is 415 g/mol. The van der Waals surface area contributed by atoms with Crippen LogP contribution in [0.4, 0.5) is 5.13 Å². The molecule has 1 aromatic carbocycles. The number of anilines is 1. The quantitative estimate of drug-likeness (QED) is 0.636. The van der Waals surface area contributed by atoms with Gasteiger partial charge in [-0.2, -0.15) is 4.37 Å². The van der Waals surface area contributed by atoms with Gasteiger partial charge in [0, 0.05) is 50.6 Å². The second-order valence-electron chi connectivity index (χ2n) is 8.81. The van der Waals surface area contributed by atoms with Gasteiger partial charge in [-0.15, -0.1) is 0 Å². The van der Waals surface area contributed by atoms with Gasteiger partial charge in [-0.05, 0) is 37.2 Å². The Morgan fingerprint density at radius 3 is 2.59 bits per heavy atom. The lowest BCUT2D eigenvalue weighted by Crippen LogP contribution is -2.40. The number of aryl methyl sites for hydroxylation is 1. The molecular formula is C23H34N4OS. The van der Waals surface area contributed by atoms with Crippen LogP contribution in [0.15, 0.2) is 24.3 Å². The van der Waals surface area contributed by atoms with Gasteiger partial charge in [-0.3, -0.25) is 4.79 Å². The minimum Gasteiger partial charge on any atom is -0.346 e. The Morgan fingerprint density at radius 2 is 1.93 bits per heavy atom. The van der Waals surface area contributed by atoms with E-state index < -0.39 is 0 Å². The van der Waals surface area contributed by atoms with Gasteiger partial charge in [0.15, 0.2) is 0 Å². The third kappa shape index (κ3) is 6.53. The minimum atomic E-state index is 0.273. The Hall–Kier alpha value is -1.95. The van der Waals surface area contributed by atoms with E-state index in [1.807, 2.05) is 4.90 Å². The lowest BCUT2D eigenvalue weighted by molar-refractivity contribution is -0.132. The van der Waals surface area contributed by atoms with Crippen LogP contribution in [0.1, 0.15) is 57.0 Å². The number of hydrogen-bond donors (Lipinski definition) is 0. The Kier molecular flexibility index (Phi) is 7.64. The minimum absolute atomic E-state index is 0.273. The second kappa shape index (κ2) is 10.2. The van der Waals surface area contributed by atoms with Crippen LogP contribution in [0.5, 0.6) is 0 Å². The van der Waals surface area contributed by atoms with Crippen LogP contribution >= 0.6 is 11.5 Å². The largest absolute Gasteiger partial charge is 0.346 e. The summed E-state index contributed by atoms with van der Waals surface area (Å²) in [5, 5.41) is 0.931. The van der Waals surface area contributed by atoms with Gasteiger partial charge in [0.25, 0.3) is 0 Å². The highest BCUT2D eigenvalue weighted by Crippen LogP contribution is 2.22. The number of piperidine rings is 1. The van der Waals surface area contributed by atoms with Crippen LogP contribution in [0.3, 0.4) is 0 Å². The van der Waals surface area contributed by atoms with Crippen LogP contribution in [0.25, 0.3) is 0 Å². The lowest BCUT2D eigenvalue weighted by atomic mass is 9.99. The van der Waals surface area contributed by atoms with Gasteiger partial charge in [-0.1, -0.05) is 50.6 Å². The van der Waals surface area contributed by atoms with Gasteiger partial charge in [-0.25, -0.2) is 4.98 Å². The molecule has 1 aliphatic rings. The van der Waals surface area contributed by atoms with Crippen molar-refractivity contribution in [3.05, 3.63) is 41.2 Å². The van der Waals surface area contributed by atoms with E-state index in [1.165, 1.54) is 22.7 Å². The second-order valence-corrected chi connectivity index (χ2v) is 9.54. The fraction of sp³-hybridized carbons (Fsp3) is 0.609. The number of rotatable bonds is 8. The molecule has 1 fully saturated rings. The molecule has 0 radical (unpaired) electrons. The molecule has 0 unspecified atom stereocenters. The fourth-order valence-corrected chi connectivity index (χ4v) is 4.41. The standard InChI is InChI=1S/C23H34N4OS/c1-17(2)16-27(14-11-22(28)26-12-9-19(4)10-13-26)23-24-21(25-29-23)15-20-7-5-18(3)6-8-20/h5-8,17,19H,9-16H2,1-4H3. The van der Waals surface area contributed by atoms with E-state index in [2.05, 4.69) is 61.2 Å². The fourth-order valence-electron chi connectivity index (χ4n) is 3.69. The van der Waals surface area contributed by atoms with E-state index in [4.69, 9.17) is 4.98 Å². The van der Waals surface area contributed by atoms with E-state index in [0.717, 1.165) is 55.8 Å². The molecule has 1 saturated heterocycles. The number of aromatic nitrogens is 2. The Balaban J connectivity index is 1.60. The Bertz CT molecular complexity index is 778. The summed E-state index contributed by atoms with van der Waals surface area (Å²) >= 11 is 1.45. The normalized spacial score (nSPS) is 15.1. The highest BCUT2D eigenvalue weighted by molar-refractivity contribution is 7.09. The van der Waals surface area contributed by atoms with Crippen molar-refractivity contribution in [3.63, 3.8) is 0 Å². The summed E-state index contributed by atoms with van der Waals surface area (Å²) in [5.74, 6) is 2.38. The van der Waals surface area contributed by atoms with Crippen LogP contribution in [0, 0.1) is 18.8 Å². The topological polar surface area (TPSA) is 49.3 Å². The van der Waals surface area contributed by atoms with E-state index in [1.54, 1.807) is 0 Å². The lowest BCUT2D eigenvalue weighted by Gasteiger charge is -2.31. The number of likely N-dealkylation sites (tertiary alicyclic amines) is 1. The molecule has 1 aromatic heterocycles. The van der Waals surface area contributed by atoms with Crippen LogP contribution in [-0.4, -0.2) is 46.3 Å². The highest BCUT2D eigenvalue weighted by atomic mass is 32.1. The van der Waals surface area contributed by atoms with Crippen molar-refractivity contribution in [3.8, 4) is 0 Å². The predicted molar refractivity (Wildman–Crippen MR) is 121 cm³/mol. The molecule has 0 spiro atoms. The molecule has 158 valence electrons. The molecule has 3 rings (SSSR count). The summed E-state index contributed by atoms with van der Waals surface area (Å²) in [7, 11) is 0. The van der Waals surface area contributed by atoms with Crippen molar-refractivity contribution in [2.24, 2.45) is 11.8 Å².